The zero-order valence-electron chi connectivity index (χ0n) is 13.1. The van der Waals surface area contributed by atoms with Crippen LogP contribution in [0.2, 0.25) is 0 Å². The molecular formula is C18H18N4OS. The summed E-state index contributed by atoms with van der Waals surface area (Å²) in [5.41, 5.74) is 0.845. The Balaban J connectivity index is 1.57. The number of benzene rings is 2. The molecule has 0 radical (unpaired) electrons. The lowest BCUT2D eigenvalue weighted by Crippen LogP contribution is -2.13. The predicted octanol–water partition coefficient (Wildman–Crippen LogP) is 3.85. The Labute approximate surface area is 145 Å². The van der Waals surface area contributed by atoms with E-state index in [1.54, 1.807) is 22.8 Å². The number of para-hydroxylation sites is 1. The molecule has 2 aromatic carbocycles. The maximum Gasteiger partial charge on any atom is 0.224 e. The monoisotopic (exact) mass is 338 g/mol. The second kappa shape index (κ2) is 8.31. The fraction of sp³-hybridized carbons (Fsp3) is 0.167. The average molecular weight is 338 g/mol. The first-order valence-electron chi connectivity index (χ1n) is 7.75. The van der Waals surface area contributed by atoms with Crippen LogP contribution in [-0.4, -0.2) is 20.7 Å². The van der Waals surface area contributed by atoms with Crippen LogP contribution in [0.25, 0.3) is 0 Å². The van der Waals surface area contributed by atoms with E-state index in [2.05, 4.69) is 27.5 Å². The number of aryl methyl sites for hydroxylation is 1. The molecule has 0 aliphatic heterocycles. The molecule has 0 aliphatic rings. The summed E-state index contributed by atoms with van der Waals surface area (Å²) in [6, 6.07) is 18.0. The Morgan fingerprint density at radius 3 is 2.67 bits per heavy atom. The average Bonchev–Trinajstić information content (AvgIpc) is 3.11. The minimum atomic E-state index is 0.0104. The van der Waals surface area contributed by atoms with E-state index in [-0.39, 0.29) is 5.91 Å². The number of aromatic nitrogens is 3. The molecule has 3 aromatic rings. The molecule has 0 spiro atoms. The van der Waals surface area contributed by atoms with Gasteiger partial charge in [0, 0.05) is 22.8 Å². The Hall–Kier alpha value is -2.60. The van der Waals surface area contributed by atoms with Crippen molar-refractivity contribution in [3.8, 4) is 0 Å². The van der Waals surface area contributed by atoms with Gasteiger partial charge in [-0.3, -0.25) is 9.48 Å². The zero-order valence-corrected chi connectivity index (χ0v) is 13.9. The van der Waals surface area contributed by atoms with Gasteiger partial charge in [0.2, 0.25) is 5.91 Å². The first kappa shape index (κ1) is 16.3. The van der Waals surface area contributed by atoms with Gasteiger partial charge >= 0.3 is 0 Å². The van der Waals surface area contributed by atoms with Crippen LogP contribution in [0.3, 0.4) is 0 Å². The minimum Gasteiger partial charge on any atom is -0.325 e. The summed E-state index contributed by atoms with van der Waals surface area (Å²) in [6.45, 7) is 0.688. The third-order valence-corrected chi connectivity index (χ3v) is 4.47. The number of nitrogens with one attached hydrogen (secondary N) is 1. The van der Waals surface area contributed by atoms with Crippen LogP contribution >= 0.6 is 11.8 Å². The second-order valence-electron chi connectivity index (χ2n) is 5.22. The Morgan fingerprint density at radius 2 is 1.88 bits per heavy atom. The van der Waals surface area contributed by atoms with E-state index < -0.39 is 0 Å². The summed E-state index contributed by atoms with van der Waals surface area (Å²) in [4.78, 5) is 18.2. The lowest BCUT2D eigenvalue weighted by molar-refractivity contribution is -0.116. The van der Waals surface area contributed by atoms with E-state index in [0.717, 1.165) is 21.9 Å². The van der Waals surface area contributed by atoms with Crippen molar-refractivity contribution in [2.24, 2.45) is 0 Å². The highest BCUT2D eigenvalue weighted by Gasteiger charge is 2.08. The lowest BCUT2D eigenvalue weighted by Gasteiger charge is -2.10. The summed E-state index contributed by atoms with van der Waals surface area (Å²) >= 11 is 1.64. The second-order valence-corrected chi connectivity index (χ2v) is 6.34. The Kier molecular flexibility index (Phi) is 5.63. The molecule has 6 heteroatoms. The van der Waals surface area contributed by atoms with Crippen LogP contribution < -0.4 is 5.32 Å². The van der Waals surface area contributed by atoms with Crippen LogP contribution in [0.1, 0.15) is 12.8 Å². The normalized spacial score (nSPS) is 10.5. The molecular weight excluding hydrogens is 320 g/mol. The molecule has 3 rings (SSSR count). The third-order valence-electron chi connectivity index (χ3n) is 3.39. The molecule has 0 unspecified atom stereocenters. The van der Waals surface area contributed by atoms with Gasteiger partial charge in [-0.25, -0.2) is 4.98 Å². The molecule has 5 nitrogen and oxygen atoms in total. The Bertz CT molecular complexity index is 775. The standard InChI is InChI=1S/C18H18N4OS/c23-18(11-6-12-22-14-19-13-20-22)21-16-9-4-5-10-17(16)24-15-7-2-1-3-8-15/h1-5,7-10,13-14H,6,11-12H2,(H,21,23). The van der Waals surface area contributed by atoms with Gasteiger partial charge in [-0.1, -0.05) is 42.1 Å². The fourth-order valence-electron chi connectivity index (χ4n) is 2.24. The van der Waals surface area contributed by atoms with E-state index in [1.807, 2.05) is 42.5 Å². The van der Waals surface area contributed by atoms with Crippen molar-refractivity contribution in [2.75, 3.05) is 5.32 Å². The van der Waals surface area contributed by atoms with Crippen LogP contribution in [0.5, 0.6) is 0 Å². The minimum absolute atomic E-state index is 0.0104. The quantitative estimate of drug-likeness (QED) is 0.711. The van der Waals surface area contributed by atoms with Crippen LogP contribution in [0.4, 0.5) is 5.69 Å². The van der Waals surface area contributed by atoms with Gasteiger partial charge in [0.1, 0.15) is 12.7 Å². The van der Waals surface area contributed by atoms with Gasteiger partial charge in [-0.15, -0.1) is 0 Å². The number of nitrogens with zero attached hydrogens (tertiary/aromatic N) is 3. The van der Waals surface area contributed by atoms with Crippen molar-refractivity contribution in [2.45, 2.75) is 29.2 Å². The van der Waals surface area contributed by atoms with E-state index in [9.17, 15) is 4.79 Å². The predicted molar refractivity (Wildman–Crippen MR) is 94.9 cm³/mol. The first-order chi connectivity index (χ1) is 11.8. The molecule has 1 heterocycles. The molecule has 0 saturated heterocycles. The SMILES string of the molecule is O=C(CCCn1cncn1)Nc1ccccc1Sc1ccccc1. The van der Waals surface area contributed by atoms with Crippen molar-refractivity contribution >= 4 is 23.4 Å². The number of carbonyl (C=O) groups excluding carboxylic acids is 1. The van der Waals surface area contributed by atoms with Crippen molar-refractivity contribution in [1.82, 2.24) is 14.8 Å². The maximum atomic E-state index is 12.2. The highest BCUT2D eigenvalue weighted by atomic mass is 32.2. The number of hydrogen-bond donors (Lipinski definition) is 1. The van der Waals surface area contributed by atoms with Crippen LogP contribution in [-0.2, 0) is 11.3 Å². The molecule has 1 amide bonds. The summed E-state index contributed by atoms with van der Waals surface area (Å²) in [6.07, 6.45) is 4.33. The van der Waals surface area contributed by atoms with Gasteiger partial charge in [0.05, 0.1) is 5.69 Å². The van der Waals surface area contributed by atoms with Gasteiger partial charge in [0.15, 0.2) is 0 Å². The maximum absolute atomic E-state index is 12.2. The van der Waals surface area contributed by atoms with E-state index >= 15 is 0 Å². The molecule has 1 N–H and O–H groups in total. The fourth-order valence-corrected chi connectivity index (χ4v) is 3.16. The molecule has 0 fully saturated rings. The molecule has 122 valence electrons. The van der Waals surface area contributed by atoms with Crippen molar-refractivity contribution in [3.63, 3.8) is 0 Å². The molecule has 24 heavy (non-hydrogen) atoms. The lowest BCUT2D eigenvalue weighted by atomic mass is 10.2. The van der Waals surface area contributed by atoms with Gasteiger partial charge < -0.3 is 5.32 Å². The topological polar surface area (TPSA) is 59.8 Å². The highest BCUT2D eigenvalue weighted by Crippen LogP contribution is 2.33. The number of rotatable bonds is 7. The number of anilines is 1. The molecule has 0 saturated carbocycles. The molecule has 0 atom stereocenters. The highest BCUT2D eigenvalue weighted by molar-refractivity contribution is 7.99. The third kappa shape index (κ3) is 4.70. The molecule has 0 aliphatic carbocycles. The number of hydrogen-bond acceptors (Lipinski definition) is 4. The molecule has 1 aromatic heterocycles. The zero-order chi connectivity index (χ0) is 16.6. The number of carbonyl (C=O) groups is 1. The van der Waals surface area contributed by atoms with Crippen molar-refractivity contribution in [3.05, 3.63) is 67.3 Å². The summed E-state index contributed by atoms with van der Waals surface area (Å²) < 4.78 is 1.73. The first-order valence-corrected chi connectivity index (χ1v) is 8.57. The number of amides is 1. The molecule has 0 bridgehead atoms. The van der Waals surface area contributed by atoms with Crippen molar-refractivity contribution < 1.29 is 4.79 Å². The summed E-state index contributed by atoms with van der Waals surface area (Å²) in [5, 5.41) is 7.03. The van der Waals surface area contributed by atoms with Gasteiger partial charge in [-0.2, -0.15) is 5.10 Å². The van der Waals surface area contributed by atoms with Gasteiger partial charge in [-0.05, 0) is 30.7 Å². The van der Waals surface area contributed by atoms with Crippen LogP contribution in [0, 0.1) is 0 Å². The largest absolute Gasteiger partial charge is 0.325 e. The van der Waals surface area contributed by atoms with Gasteiger partial charge in [0.25, 0.3) is 0 Å². The summed E-state index contributed by atoms with van der Waals surface area (Å²) in [5.74, 6) is 0.0104. The Morgan fingerprint density at radius 1 is 1.08 bits per heavy atom. The van der Waals surface area contributed by atoms with E-state index in [4.69, 9.17) is 0 Å². The van der Waals surface area contributed by atoms with E-state index in [0.29, 0.717) is 13.0 Å². The van der Waals surface area contributed by atoms with E-state index in [1.165, 1.54) is 6.33 Å². The summed E-state index contributed by atoms with van der Waals surface area (Å²) in [7, 11) is 0. The smallest absolute Gasteiger partial charge is 0.224 e. The van der Waals surface area contributed by atoms with Crippen LogP contribution in [0.15, 0.2) is 77.0 Å². The van der Waals surface area contributed by atoms with Crippen molar-refractivity contribution in [1.29, 1.82) is 0 Å².